The Hall–Kier alpha value is -2.64. The summed E-state index contributed by atoms with van der Waals surface area (Å²) in [7, 11) is 0. The molecular weight excluding hydrogens is 286 g/mol. The fraction of sp³-hybridized carbons (Fsp3) is 0.429. The zero-order valence-corrected chi connectivity index (χ0v) is 12.8. The standard InChI is InChI=1S/C14H19N5O3/c1-4-18-9(2)11(8-17-18)7-15-13(20)12-5-6-16-19(12)10(3)14(21)22/h5-6,8,10H,4,7H2,1-3H3,(H,15,20)(H,21,22). The van der Waals surface area contributed by atoms with Gasteiger partial charge in [0.15, 0.2) is 0 Å². The first-order chi connectivity index (χ1) is 10.5. The lowest BCUT2D eigenvalue weighted by molar-refractivity contribution is -0.140. The summed E-state index contributed by atoms with van der Waals surface area (Å²) >= 11 is 0. The highest BCUT2D eigenvalue weighted by atomic mass is 16.4. The second-order valence-corrected chi connectivity index (χ2v) is 4.93. The molecule has 2 rings (SSSR count). The third-order valence-corrected chi connectivity index (χ3v) is 3.57. The van der Waals surface area contributed by atoms with Crippen LogP contribution in [0.2, 0.25) is 0 Å². The molecule has 0 saturated carbocycles. The number of carboxylic acids is 1. The van der Waals surface area contributed by atoms with Crippen LogP contribution in [0, 0.1) is 6.92 Å². The van der Waals surface area contributed by atoms with Gasteiger partial charge in [-0.25, -0.2) is 9.48 Å². The van der Waals surface area contributed by atoms with Crippen molar-refractivity contribution < 1.29 is 14.7 Å². The molecule has 0 radical (unpaired) electrons. The van der Waals surface area contributed by atoms with Crippen LogP contribution in [0.25, 0.3) is 0 Å². The molecule has 0 aliphatic heterocycles. The summed E-state index contributed by atoms with van der Waals surface area (Å²) in [5.74, 6) is -1.41. The lowest BCUT2D eigenvalue weighted by Crippen LogP contribution is -2.28. The predicted octanol–water partition coefficient (Wildman–Crippen LogP) is 0.984. The molecule has 22 heavy (non-hydrogen) atoms. The van der Waals surface area contributed by atoms with E-state index in [9.17, 15) is 9.59 Å². The minimum Gasteiger partial charge on any atom is -0.480 e. The van der Waals surface area contributed by atoms with Crippen molar-refractivity contribution in [3.63, 3.8) is 0 Å². The van der Waals surface area contributed by atoms with Gasteiger partial charge >= 0.3 is 5.97 Å². The molecule has 2 aromatic heterocycles. The molecule has 2 heterocycles. The first kappa shape index (κ1) is 15.7. The topological polar surface area (TPSA) is 102 Å². The van der Waals surface area contributed by atoms with E-state index in [1.807, 2.05) is 18.5 Å². The van der Waals surface area contributed by atoms with E-state index in [0.717, 1.165) is 17.8 Å². The highest BCUT2D eigenvalue weighted by Gasteiger charge is 2.21. The summed E-state index contributed by atoms with van der Waals surface area (Å²) in [4.78, 5) is 23.3. The second-order valence-electron chi connectivity index (χ2n) is 4.93. The van der Waals surface area contributed by atoms with Gasteiger partial charge in [-0.05, 0) is 26.8 Å². The van der Waals surface area contributed by atoms with E-state index < -0.39 is 12.0 Å². The number of rotatable bonds is 6. The SMILES string of the molecule is CCn1ncc(CNC(=O)c2ccnn2C(C)C(=O)O)c1C. The van der Waals surface area contributed by atoms with E-state index in [4.69, 9.17) is 5.11 Å². The van der Waals surface area contributed by atoms with Crippen LogP contribution in [0.15, 0.2) is 18.5 Å². The van der Waals surface area contributed by atoms with Crippen molar-refractivity contribution in [2.24, 2.45) is 0 Å². The maximum absolute atomic E-state index is 12.2. The third-order valence-electron chi connectivity index (χ3n) is 3.57. The Balaban J connectivity index is 2.08. The van der Waals surface area contributed by atoms with Crippen LogP contribution < -0.4 is 5.32 Å². The van der Waals surface area contributed by atoms with Crippen LogP contribution in [-0.4, -0.2) is 36.5 Å². The fourth-order valence-electron chi connectivity index (χ4n) is 2.15. The smallest absolute Gasteiger partial charge is 0.328 e. The maximum Gasteiger partial charge on any atom is 0.328 e. The average molecular weight is 305 g/mol. The number of carbonyl (C=O) groups excluding carboxylic acids is 1. The largest absolute Gasteiger partial charge is 0.480 e. The minimum atomic E-state index is -1.04. The third kappa shape index (κ3) is 3.00. The van der Waals surface area contributed by atoms with Crippen molar-refractivity contribution in [2.45, 2.75) is 39.9 Å². The van der Waals surface area contributed by atoms with Gasteiger partial charge < -0.3 is 10.4 Å². The lowest BCUT2D eigenvalue weighted by atomic mass is 10.2. The monoisotopic (exact) mass is 305 g/mol. The van der Waals surface area contributed by atoms with Gasteiger partial charge in [-0.15, -0.1) is 0 Å². The second kappa shape index (κ2) is 6.42. The van der Waals surface area contributed by atoms with Crippen LogP contribution in [0.4, 0.5) is 0 Å². The van der Waals surface area contributed by atoms with Gasteiger partial charge in [-0.3, -0.25) is 9.48 Å². The van der Waals surface area contributed by atoms with Gasteiger partial charge in [0.1, 0.15) is 11.7 Å². The minimum absolute atomic E-state index is 0.218. The van der Waals surface area contributed by atoms with Crippen molar-refractivity contribution in [3.8, 4) is 0 Å². The summed E-state index contributed by atoms with van der Waals surface area (Å²) in [6.45, 7) is 6.50. The number of nitrogens with zero attached hydrogens (tertiary/aromatic N) is 4. The van der Waals surface area contributed by atoms with Crippen molar-refractivity contribution in [3.05, 3.63) is 35.4 Å². The van der Waals surface area contributed by atoms with Gasteiger partial charge in [0.2, 0.25) is 0 Å². The Morgan fingerprint density at radius 1 is 1.41 bits per heavy atom. The molecule has 0 spiro atoms. The summed E-state index contributed by atoms with van der Waals surface area (Å²) in [5.41, 5.74) is 2.14. The molecule has 1 atom stereocenters. The van der Waals surface area contributed by atoms with E-state index >= 15 is 0 Å². The normalized spacial score (nSPS) is 12.1. The number of hydrogen-bond donors (Lipinski definition) is 2. The number of nitrogens with one attached hydrogen (secondary N) is 1. The Labute approximate surface area is 127 Å². The van der Waals surface area contributed by atoms with Crippen LogP contribution in [-0.2, 0) is 17.9 Å². The Bertz CT molecular complexity index is 688. The molecule has 0 aliphatic carbocycles. The van der Waals surface area contributed by atoms with Crippen LogP contribution >= 0.6 is 0 Å². The highest BCUT2D eigenvalue weighted by Crippen LogP contribution is 2.10. The molecule has 0 aliphatic rings. The highest BCUT2D eigenvalue weighted by molar-refractivity contribution is 5.93. The molecule has 0 saturated heterocycles. The molecule has 2 N–H and O–H groups in total. The van der Waals surface area contributed by atoms with Crippen molar-refractivity contribution in [1.29, 1.82) is 0 Å². The zero-order valence-electron chi connectivity index (χ0n) is 12.8. The summed E-state index contributed by atoms with van der Waals surface area (Å²) < 4.78 is 3.04. The van der Waals surface area contributed by atoms with E-state index in [0.29, 0.717) is 6.54 Å². The van der Waals surface area contributed by atoms with Gasteiger partial charge in [0, 0.05) is 30.5 Å². The first-order valence-electron chi connectivity index (χ1n) is 7.01. The van der Waals surface area contributed by atoms with E-state index in [2.05, 4.69) is 15.5 Å². The molecule has 0 bridgehead atoms. The summed E-state index contributed by atoms with van der Waals surface area (Å²) in [5, 5.41) is 19.9. The van der Waals surface area contributed by atoms with Crippen LogP contribution in [0.3, 0.4) is 0 Å². The van der Waals surface area contributed by atoms with Gasteiger partial charge in [-0.2, -0.15) is 10.2 Å². The molecule has 1 amide bonds. The average Bonchev–Trinajstić information content (AvgIpc) is 3.10. The Kier molecular flexibility index (Phi) is 4.59. The number of hydrogen-bond acceptors (Lipinski definition) is 4. The zero-order chi connectivity index (χ0) is 16.3. The van der Waals surface area contributed by atoms with Gasteiger partial charge in [-0.1, -0.05) is 0 Å². The summed E-state index contributed by atoms with van der Waals surface area (Å²) in [6.07, 6.45) is 3.13. The predicted molar refractivity (Wildman–Crippen MR) is 78.4 cm³/mol. The molecule has 8 nitrogen and oxygen atoms in total. The van der Waals surface area contributed by atoms with Crippen molar-refractivity contribution >= 4 is 11.9 Å². The van der Waals surface area contributed by atoms with E-state index in [1.54, 1.807) is 6.20 Å². The maximum atomic E-state index is 12.2. The van der Waals surface area contributed by atoms with E-state index in [-0.39, 0.29) is 11.6 Å². The molecule has 2 aromatic rings. The van der Waals surface area contributed by atoms with Crippen molar-refractivity contribution in [1.82, 2.24) is 24.9 Å². The summed E-state index contributed by atoms with van der Waals surface area (Å²) in [6, 6.07) is 0.595. The number of amides is 1. The Morgan fingerprint density at radius 3 is 2.73 bits per heavy atom. The quantitative estimate of drug-likeness (QED) is 0.828. The van der Waals surface area contributed by atoms with Crippen LogP contribution in [0.1, 0.15) is 41.6 Å². The molecule has 118 valence electrons. The molecular formula is C14H19N5O3. The van der Waals surface area contributed by atoms with Crippen LogP contribution in [0.5, 0.6) is 0 Å². The lowest BCUT2D eigenvalue weighted by Gasteiger charge is -2.11. The number of aromatic nitrogens is 4. The molecule has 0 fully saturated rings. The first-order valence-corrected chi connectivity index (χ1v) is 7.01. The molecule has 0 aromatic carbocycles. The van der Waals surface area contributed by atoms with E-state index in [1.165, 1.54) is 23.9 Å². The van der Waals surface area contributed by atoms with Gasteiger partial charge in [0.05, 0.1) is 6.20 Å². The number of aliphatic carboxylic acids is 1. The fourth-order valence-corrected chi connectivity index (χ4v) is 2.15. The van der Waals surface area contributed by atoms with Crippen molar-refractivity contribution in [2.75, 3.05) is 0 Å². The Morgan fingerprint density at radius 2 is 2.14 bits per heavy atom. The number of carbonyl (C=O) groups is 2. The number of carboxylic acid groups (broad SMARTS) is 1. The molecule has 8 heteroatoms. The number of aryl methyl sites for hydroxylation is 1. The van der Waals surface area contributed by atoms with Gasteiger partial charge in [0.25, 0.3) is 5.91 Å². The molecule has 1 unspecified atom stereocenters.